The van der Waals surface area contributed by atoms with Crippen molar-refractivity contribution in [2.45, 2.75) is 51.7 Å². The Morgan fingerprint density at radius 1 is 1.24 bits per heavy atom. The minimum atomic E-state index is -3.28. The van der Waals surface area contributed by atoms with Gasteiger partial charge in [0, 0.05) is 42.8 Å². The third-order valence-electron chi connectivity index (χ3n) is 4.69. The highest BCUT2D eigenvalue weighted by Gasteiger charge is 2.23. The van der Waals surface area contributed by atoms with E-state index in [-0.39, 0.29) is 0 Å². The van der Waals surface area contributed by atoms with Gasteiger partial charge in [-0.05, 0) is 51.3 Å². The molecule has 0 bridgehead atoms. The number of aliphatic imine (C=N–C) groups is 1. The average Bonchev–Trinajstić information content (AvgIpc) is 2.61. The van der Waals surface area contributed by atoms with Crippen molar-refractivity contribution in [2.24, 2.45) is 4.99 Å². The van der Waals surface area contributed by atoms with E-state index in [1.807, 2.05) is 32.9 Å². The van der Waals surface area contributed by atoms with Gasteiger partial charge >= 0.3 is 0 Å². The lowest BCUT2D eigenvalue weighted by Crippen LogP contribution is -2.50. The number of nitrogens with one attached hydrogen (secondary N) is 3. The lowest BCUT2D eigenvalue weighted by atomic mass is 10.0. The van der Waals surface area contributed by atoms with Crippen LogP contribution in [-0.2, 0) is 16.6 Å². The second kappa shape index (κ2) is 10.6. The van der Waals surface area contributed by atoms with Gasteiger partial charge in [-0.25, -0.2) is 13.1 Å². The molecule has 2 rings (SSSR count). The molecule has 29 heavy (non-hydrogen) atoms. The summed E-state index contributed by atoms with van der Waals surface area (Å²) >= 11 is 5.96. The Morgan fingerprint density at radius 2 is 1.86 bits per heavy atom. The molecule has 0 atom stereocenters. The Labute approximate surface area is 180 Å². The van der Waals surface area contributed by atoms with Crippen molar-refractivity contribution in [1.29, 1.82) is 0 Å². The highest BCUT2D eigenvalue weighted by Crippen LogP contribution is 2.16. The average molecular weight is 444 g/mol. The normalized spacial score (nSPS) is 17.3. The van der Waals surface area contributed by atoms with Crippen LogP contribution in [0.2, 0.25) is 5.02 Å². The Hall–Kier alpha value is -1.35. The molecule has 1 heterocycles. The smallest absolute Gasteiger partial charge is 0.209 e. The van der Waals surface area contributed by atoms with Crippen LogP contribution in [0.25, 0.3) is 0 Å². The Balaban J connectivity index is 1.85. The molecule has 0 aromatic heterocycles. The van der Waals surface area contributed by atoms with Crippen molar-refractivity contribution in [1.82, 2.24) is 20.3 Å². The number of nitrogens with zero attached hydrogens (tertiary/aromatic N) is 2. The molecule has 0 saturated carbocycles. The van der Waals surface area contributed by atoms with Gasteiger partial charge in [-0.3, -0.25) is 9.89 Å². The van der Waals surface area contributed by atoms with Gasteiger partial charge < -0.3 is 10.6 Å². The molecule has 0 radical (unpaired) electrons. The molecular formula is C20H34ClN5O2S. The lowest BCUT2D eigenvalue weighted by Gasteiger charge is -2.33. The third kappa shape index (κ3) is 9.33. The van der Waals surface area contributed by atoms with E-state index in [4.69, 9.17) is 11.6 Å². The van der Waals surface area contributed by atoms with Crippen LogP contribution in [0.1, 0.15) is 39.2 Å². The van der Waals surface area contributed by atoms with E-state index < -0.39 is 15.6 Å². The summed E-state index contributed by atoms with van der Waals surface area (Å²) in [6.07, 6.45) is 3.23. The number of likely N-dealkylation sites (tertiary alicyclic amines) is 1. The van der Waals surface area contributed by atoms with Gasteiger partial charge in [-0.15, -0.1) is 0 Å². The van der Waals surface area contributed by atoms with Crippen LogP contribution >= 0.6 is 11.6 Å². The lowest BCUT2D eigenvalue weighted by molar-refractivity contribution is 0.198. The summed E-state index contributed by atoms with van der Waals surface area (Å²) in [5, 5.41) is 7.52. The maximum Gasteiger partial charge on any atom is 0.209 e. The highest BCUT2D eigenvalue weighted by molar-refractivity contribution is 7.88. The van der Waals surface area contributed by atoms with Crippen LogP contribution in [0, 0.1) is 0 Å². The molecule has 1 aromatic rings. The fraction of sp³-hybridized carbons (Fsp3) is 0.650. The fourth-order valence-corrected chi connectivity index (χ4v) is 4.60. The van der Waals surface area contributed by atoms with Crippen LogP contribution in [0.5, 0.6) is 0 Å². The van der Waals surface area contributed by atoms with E-state index >= 15 is 0 Å². The summed E-state index contributed by atoms with van der Waals surface area (Å²) in [5.74, 6) is 0.729. The zero-order chi connectivity index (χ0) is 21.5. The number of guanidine groups is 1. The molecule has 9 heteroatoms. The largest absolute Gasteiger partial charge is 0.357 e. The van der Waals surface area contributed by atoms with Gasteiger partial charge in [0.2, 0.25) is 10.0 Å². The monoisotopic (exact) mass is 443 g/mol. The number of hydrogen-bond acceptors (Lipinski definition) is 4. The number of benzene rings is 1. The van der Waals surface area contributed by atoms with Crippen LogP contribution in [0.3, 0.4) is 0 Å². The van der Waals surface area contributed by atoms with Crippen molar-refractivity contribution in [2.75, 3.05) is 32.4 Å². The summed E-state index contributed by atoms with van der Waals surface area (Å²) in [6.45, 7) is 9.75. The molecule has 3 N–H and O–H groups in total. The standard InChI is InChI=1S/C20H34ClN5O2S/c1-5-22-19(23-15-20(2,3)25-29(4,27)28)24-18-10-12-26(13-11-18)14-16-6-8-17(21)9-7-16/h6-9,18,25H,5,10-15H2,1-4H3,(H2,22,23,24). The minimum Gasteiger partial charge on any atom is -0.357 e. The van der Waals surface area contributed by atoms with Gasteiger partial charge in [0.15, 0.2) is 5.96 Å². The van der Waals surface area contributed by atoms with Crippen molar-refractivity contribution in [3.63, 3.8) is 0 Å². The van der Waals surface area contributed by atoms with E-state index in [1.165, 1.54) is 11.8 Å². The number of piperidine rings is 1. The fourth-order valence-electron chi connectivity index (χ4n) is 3.41. The molecule has 1 fully saturated rings. The summed E-state index contributed by atoms with van der Waals surface area (Å²) in [6, 6.07) is 8.37. The Kier molecular flexibility index (Phi) is 8.75. The predicted molar refractivity (Wildman–Crippen MR) is 121 cm³/mol. The molecule has 0 amide bonds. The summed E-state index contributed by atoms with van der Waals surface area (Å²) < 4.78 is 25.6. The Morgan fingerprint density at radius 3 is 2.41 bits per heavy atom. The zero-order valence-electron chi connectivity index (χ0n) is 17.8. The maximum absolute atomic E-state index is 11.5. The van der Waals surface area contributed by atoms with Crippen molar-refractivity contribution in [3.05, 3.63) is 34.9 Å². The summed E-state index contributed by atoms with van der Waals surface area (Å²) in [4.78, 5) is 7.05. The second-order valence-electron chi connectivity index (χ2n) is 8.27. The maximum atomic E-state index is 11.5. The van der Waals surface area contributed by atoms with Gasteiger partial charge in [-0.1, -0.05) is 23.7 Å². The van der Waals surface area contributed by atoms with Crippen molar-refractivity contribution >= 4 is 27.6 Å². The number of halogens is 1. The molecule has 0 spiro atoms. The van der Waals surface area contributed by atoms with Gasteiger partial charge in [0.05, 0.1) is 12.8 Å². The number of sulfonamides is 1. The van der Waals surface area contributed by atoms with Crippen molar-refractivity contribution < 1.29 is 8.42 Å². The molecule has 1 aromatic carbocycles. The summed E-state index contributed by atoms with van der Waals surface area (Å²) in [5.41, 5.74) is 0.633. The first-order chi connectivity index (χ1) is 13.6. The predicted octanol–water partition coefficient (Wildman–Crippen LogP) is 2.19. The van der Waals surface area contributed by atoms with E-state index in [0.29, 0.717) is 12.6 Å². The van der Waals surface area contributed by atoms with E-state index in [1.54, 1.807) is 0 Å². The molecule has 164 valence electrons. The van der Waals surface area contributed by atoms with Crippen LogP contribution in [0.15, 0.2) is 29.3 Å². The molecule has 0 aliphatic carbocycles. The second-order valence-corrected chi connectivity index (χ2v) is 10.5. The van der Waals surface area contributed by atoms with E-state index in [2.05, 4.69) is 37.4 Å². The number of hydrogen-bond donors (Lipinski definition) is 3. The van der Waals surface area contributed by atoms with Crippen LogP contribution in [0.4, 0.5) is 0 Å². The molecule has 7 nitrogen and oxygen atoms in total. The minimum absolute atomic E-state index is 0.347. The van der Waals surface area contributed by atoms with Crippen LogP contribution < -0.4 is 15.4 Å². The number of rotatable bonds is 8. The van der Waals surface area contributed by atoms with Gasteiger partial charge in [0.1, 0.15) is 0 Å². The SMILES string of the molecule is CCNC(=NCC(C)(C)NS(C)(=O)=O)NC1CCN(Cc2ccc(Cl)cc2)CC1. The van der Waals surface area contributed by atoms with Gasteiger partial charge in [0.25, 0.3) is 0 Å². The Bertz CT molecular complexity index is 773. The molecule has 1 aliphatic heterocycles. The molecule has 1 aliphatic rings. The van der Waals surface area contributed by atoms with Crippen molar-refractivity contribution in [3.8, 4) is 0 Å². The summed E-state index contributed by atoms with van der Waals surface area (Å²) in [7, 11) is -3.28. The van der Waals surface area contributed by atoms with E-state index in [9.17, 15) is 8.42 Å². The molecule has 0 unspecified atom stereocenters. The molecular weight excluding hydrogens is 410 g/mol. The topological polar surface area (TPSA) is 85.8 Å². The van der Waals surface area contributed by atoms with Gasteiger partial charge in [-0.2, -0.15) is 0 Å². The third-order valence-corrected chi connectivity index (χ3v) is 5.86. The quantitative estimate of drug-likeness (QED) is 0.423. The first-order valence-corrected chi connectivity index (χ1v) is 12.3. The first-order valence-electron chi connectivity index (χ1n) is 10.1. The van der Waals surface area contributed by atoms with Crippen LogP contribution in [-0.4, -0.2) is 63.3 Å². The molecule has 1 saturated heterocycles. The first kappa shape index (κ1) is 23.9. The highest BCUT2D eigenvalue weighted by atomic mass is 35.5. The van der Waals surface area contributed by atoms with E-state index in [0.717, 1.165) is 50.0 Å². The zero-order valence-corrected chi connectivity index (χ0v) is 19.4.